The molecule has 0 unspecified atom stereocenters. The molecule has 104 valence electrons. The van der Waals surface area contributed by atoms with Gasteiger partial charge in [-0.2, -0.15) is 0 Å². The van der Waals surface area contributed by atoms with E-state index in [1.54, 1.807) is 0 Å². The minimum Gasteiger partial charge on any atom is -0.419 e. The van der Waals surface area contributed by atoms with E-state index in [0.29, 0.717) is 5.92 Å². The van der Waals surface area contributed by atoms with Crippen LogP contribution in [-0.2, 0) is 19.1 Å². The van der Waals surface area contributed by atoms with E-state index in [0.717, 1.165) is 5.56 Å². The summed E-state index contributed by atoms with van der Waals surface area (Å²) >= 11 is 0. The Morgan fingerprint density at radius 2 is 1.80 bits per heavy atom. The average molecular weight is 272 g/mol. The summed E-state index contributed by atoms with van der Waals surface area (Å²) in [5.41, 5.74) is 2.01. The average Bonchev–Trinajstić information content (AvgIpc) is 3.17. The van der Waals surface area contributed by atoms with Gasteiger partial charge in [0.1, 0.15) is 5.57 Å². The second kappa shape index (κ2) is 4.47. The molecule has 1 aromatic rings. The van der Waals surface area contributed by atoms with E-state index in [1.807, 2.05) is 18.2 Å². The van der Waals surface area contributed by atoms with Gasteiger partial charge in [-0.3, -0.25) is 0 Å². The van der Waals surface area contributed by atoms with Crippen molar-refractivity contribution < 1.29 is 19.1 Å². The van der Waals surface area contributed by atoms with Gasteiger partial charge in [0.25, 0.3) is 5.79 Å². The van der Waals surface area contributed by atoms with E-state index in [2.05, 4.69) is 6.07 Å². The van der Waals surface area contributed by atoms with Crippen LogP contribution >= 0.6 is 0 Å². The lowest BCUT2D eigenvalue weighted by Crippen LogP contribution is -2.41. The highest BCUT2D eigenvalue weighted by molar-refractivity contribution is 6.18. The van der Waals surface area contributed by atoms with Crippen molar-refractivity contribution in [3.05, 3.63) is 41.0 Å². The Morgan fingerprint density at radius 3 is 2.40 bits per heavy atom. The number of hydrogen-bond acceptors (Lipinski definition) is 4. The van der Waals surface area contributed by atoms with Crippen LogP contribution in [-0.4, -0.2) is 17.7 Å². The number of rotatable bonds is 2. The third-order valence-electron chi connectivity index (χ3n) is 3.39. The smallest absolute Gasteiger partial charge is 0.348 e. The van der Waals surface area contributed by atoms with E-state index in [-0.39, 0.29) is 5.57 Å². The molecule has 0 amide bonds. The third-order valence-corrected chi connectivity index (χ3v) is 3.39. The molecular weight excluding hydrogens is 256 g/mol. The summed E-state index contributed by atoms with van der Waals surface area (Å²) in [6.45, 7) is 3.07. The normalized spacial score (nSPS) is 21.2. The van der Waals surface area contributed by atoms with Crippen molar-refractivity contribution in [3.63, 3.8) is 0 Å². The van der Waals surface area contributed by atoms with Crippen LogP contribution in [0.1, 0.15) is 43.7 Å². The summed E-state index contributed by atoms with van der Waals surface area (Å²) in [5.74, 6) is -1.84. The molecule has 4 nitrogen and oxygen atoms in total. The van der Waals surface area contributed by atoms with Crippen molar-refractivity contribution in [2.24, 2.45) is 0 Å². The molecule has 0 aromatic heterocycles. The maximum Gasteiger partial charge on any atom is 0.348 e. The molecule has 2 aliphatic rings. The van der Waals surface area contributed by atoms with Crippen molar-refractivity contribution in [3.8, 4) is 0 Å². The van der Waals surface area contributed by atoms with E-state index in [9.17, 15) is 9.59 Å². The topological polar surface area (TPSA) is 52.6 Å². The van der Waals surface area contributed by atoms with Gasteiger partial charge in [0.15, 0.2) is 0 Å². The minimum atomic E-state index is -1.19. The summed E-state index contributed by atoms with van der Waals surface area (Å²) in [6.07, 6.45) is 3.95. The van der Waals surface area contributed by atoms with Gasteiger partial charge in [-0.05, 0) is 36.0 Å². The molecule has 0 bridgehead atoms. The quantitative estimate of drug-likeness (QED) is 0.472. The van der Waals surface area contributed by atoms with Crippen molar-refractivity contribution in [2.75, 3.05) is 0 Å². The molecule has 1 saturated carbocycles. The fraction of sp³-hybridized carbons (Fsp3) is 0.375. The number of ether oxygens (including phenoxy) is 2. The van der Waals surface area contributed by atoms with Gasteiger partial charge in [-0.15, -0.1) is 0 Å². The van der Waals surface area contributed by atoms with Crippen LogP contribution in [0.4, 0.5) is 0 Å². The molecule has 1 aliphatic heterocycles. The fourth-order valence-electron chi connectivity index (χ4n) is 2.26. The first-order valence-electron chi connectivity index (χ1n) is 6.73. The highest BCUT2D eigenvalue weighted by Gasteiger charge is 2.38. The largest absolute Gasteiger partial charge is 0.419 e. The SMILES string of the molecule is CC1(C)OC(=O)C(=Cc2cccc(C3CC3)c2)C(=O)O1. The zero-order valence-corrected chi connectivity index (χ0v) is 11.5. The molecule has 1 heterocycles. The maximum absolute atomic E-state index is 11.9. The molecular formula is C16H16O4. The molecule has 20 heavy (non-hydrogen) atoms. The molecule has 1 aromatic carbocycles. The number of esters is 2. The summed E-state index contributed by atoms with van der Waals surface area (Å²) in [4.78, 5) is 23.7. The molecule has 3 rings (SSSR count). The van der Waals surface area contributed by atoms with Crippen molar-refractivity contribution >= 4 is 18.0 Å². The predicted octanol–water partition coefficient (Wildman–Crippen LogP) is 2.78. The first kappa shape index (κ1) is 12.9. The number of carbonyl (C=O) groups is 2. The van der Waals surface area contributed by atoms with Crippen LogP contribution in [0.2, 0.25) is 0 Å². The highest BCUT2D eigenvalue weighted by atomic mass is 16.7. The van der Waals surface area contributed by atoms with Crippen molar-refractivity contribution in [1.82, 2.24) is 0 Å². The van der Waals surface area contributed by atoms with E-state index < -0.39 is 17.7 Å². The second-order valence-electron chi connectivity index (χ2n) is 5.68. The van der Waals surface area contributed by atoms with Crippen LogP contribution in [0, 0.1) is 0 Å². The molecule has 0 atom stereocenters. The standard InChI is InChI=1S/C16H16O4/c1-16(2)19-14(17)13(15(18)20-16)9-10-4-3-5-12(8-10)11-6-7-11/h3-5,8-9,11H,6-7H2,1-2H3. The van der Waals surface area contributed by atoms with Crippen molar-refractivity contribution in [2.45, 2.75) is 38.4 Å². The van der Waals surface area contributed by atoms with Crippen LogP contribution in [0.15, 0.2) is 29.8 Å². The Labute approximate surface area is 117 Å². The summed E-state index contributed by atoms with van der Waals surface area (Å²) < 4.78 is 10.1. The van der Waals surface area contributed by atoms with Gasteiger partial charge in [0, 0.05) is 13.8 Å². The Balaban J connectivity index is 1.89. The highest BCUT2D eigenvalue weighted by Crippen LogP contribution is 2.40. The first-order chi connectivity index (χ1) is 9.44. The van der Waals surface area contributed by atoms with Gasteiger partial charge in [-0.25, -0.2) is 9.59 Å². The second-order valence-corrected chi connectivity index (χ2v) is 5.68. The lowest BCUT2D eigenvalue weighted by Gasteiger charge is -2.29. The summed E-state index contributed by atoms with van der Waals surface area (Å²) in [7, 11) is 0. The molecule has 1 aliphatic carbocycles. The Bertz CT molecular complexity index is 587. The maximum atomic E-state index is 11.9. The molecule has 0 N–H and O–H groups in total. The van der Waals surface area contributed by atoms with Gasteiger partial charge in [0.05, 0.1) is 0 Å². The van der Waals surface area contributed by atoms with E-state index in [1.165, 1.54) is 38.3 Å². The van der Waals surface area contributed by atoms with Crippen LogP contribution < -0.4 is 0 Å². The monoisotopic (exact) mass is 272 g/mol. The van der Waals surface area contributed by atoms with Gasteiger partial charge < -0.3 is 9.47 Å². The van der Waals surface area contributed by atoms with Crippen molar-refractivity contribution in [1.29, 1.82) is 0 Å². The van der Waals surface area contributed by atoms with Gasteiger partial charge in [-0.1, -0.05) is 24.3 Å². The van der Waals surface area contributed by atoms with Crippen LogP contribution in [0.25, 0.3) is 6.08 Å². The van der Waals surface area contributed by atoms with Crippen LogP contribution in [0.5, 0.6) is 0 Å². The predicted molar refractivity (Wildman–Crippen MR) is 72.7 cm³/mol. The number of cyclic esters (lactones) is 2. The zero-order chi connectivity index (χ0) is 14.3. The third kappa shape index (κ3) is 2.59. The molecule has 1 saturated heterocycles. The zero-order valence-electron chi connectivity index (χ0n) is 11.5. The number of hydrogen-bond donors (Lipinski definition) is 0. The summed E-state index contributed by atoms with van der Waals surface area (Å²) in [5, 5.41) is 0. The molecule has 0 spiro atoms. The Kier molecular flexibility index (Phi) is 2.89. The first-order valence-corrected chi connectivity index (χ1v) is 6.73. The van der Waals surface area contributed by atoms with Crippen LogP contribution in [0.3, 0.4) is 0 Å². The lowest BCUT2D eigenvalue weighted by atomic mass is 10.0. The Hall–Kier alpha value is -2.10. The van der Waals surface area contributed by atoms with E-state index in [4.69, 9.17) is 9.47 Å². The van der Waals surface area contributed by atoms with Gasteiger partial charge in [0.2, 0.25) is 0 Å². The van der Waals surface area contributed by atoms with E-state index >= 15 is 0 Å². The molecule has 4 heteroatoms. The number of benzene rings is 1. The summed E-state index contributed by atoms with van der Waals surface area (Å²) in [6, 6.07) is 7.87. The fourth-order valence-corrected chi connectivity index (χ4v) is 2.26. The molecule has 2 fully saturated rings. The lowest BCUT2D eigenvalue weighted by molar-refractivity contribution is -0.222. The van der Waals surface area contributed by atoms with Gasteiger partial charge >= 0.3 is 11.9 Å². The Morgan fingerprint density at radius 1 is 1.15 bits per heavy atom. The number of carbonyl (C=O) groups excluding carboxylic acids is 2. The minimum absolute atomic E-state index is 0.0581. The molecule has 0 radical (unpaired) electrons.